The Labute approximate surface area is 113 Å². The van der Waals surface area contributed by atoms with Crippen molar-refractivity contribution in [2.45, 2.75) is 18.7 Å². The summed E-state index contributed by atoms with van der Waals surface area (Å²) in [6.07, 6.45) is -9.20. The van der Waals surface area contributed by atoms with Crippen molar-refractivity contribution in [3.8, 4) is 0 Å². The highest BCUT2D eigenvalue weighted by Crippen LogP contribution is 2.20. The molecular formula is C11H11BrF3NO2. The van der Waals surface area contributed by atoms with Crippen LogP contribution in [0, 0.1) is 0 Å². The van der Waals surface area contributed by atoms with Gasteiger partial charge in [-0.2, -0.15) is 13.2 Å². The number of hydrogen-bond donors (Lipinski definition) is 2. The van der Waals surface area contributed by atoms with Crippen molar-refractivity contribution in [2.75, 3.05) is 6.54 Å². The molecule has 0 spiro atoms. The van der Waals surface area contributed by atoms with E-state index in [9.17, 15) is 23.1 Å². The van der Waals surface area contributed by atoms with Gasteiger partial charge in [0.25, 0.3) is 0 Å². The van der Waals surface area contributed by atoms with Gasteiger partial charge in [0.15, 0.2) is 0 Å². The Morgan fingerprint density at radius 3 is 2.78 bits per heavy atom. The number of hydrogen-bond acceptors (Lipinski definition) is 2. The van der Waals surface area contributed by atoms with E-state index in [2.05, 4.69) is 15.9 Å². The summed E-state index contributed by atoms with van der Waals surface area (Å²) < 4.78 is 51.7. The molecule has 0 aliphatic carbocycles. The maximum Gasteiger partial charge on any atom is 0.471 e. The van der Waals surface area contributed by atoms with Crippen molar-refractivity contribution >= 4 is 21.8 Å². The SMILES string of the molecule is [2H]C([2H])(CNC(=O)C(F)(F)F)C(O)c1cccc(Br)c1. The Bertz CT molecular complexity index is 497. The molecule has 0 aromatic heterocycles. The van der Waals surface area contributed by atoms with Crippen molar-refractivity contribution in [3.63, 3.8) is 0 Å². The van der Waals surface area contributed by atoms with E-state index in [1.165, 1.54) is 17.4 Å². The van der Waals surface area contributed by atoms with Crippen LogP contribution in [-0.4, -0.2) is 23.7 Å². The lowest BCUT2D eigenvalue weighted by Gasteiger charge is -2.12. The third kappa shape index (κ3) is 4.66. The van der Waals surface area contributed by atoms with E-state index in [0.717, 1.165) is 0 Å². The van der Waals surface area contributed by atoms with Gasteiger partial charge in [-0.15, -0.1) is 0 Å². The average Bonchev–Trinajstić information content (AvgIpc) is 2.33. The topological polar surface area (TPSA) is 49.3 Å². The van der Waals surface area contributed by atoms with Gasteiger partial charge >= 0.3 is 12.1 Å². The number of aliphatic hydroxyl groups excluding tert-OH is 1. The number of benzene rings is 1. The molecule has 0 saturated carbocycles. The third-order valence-electron chi connectivity index (χ3n) is 1.97. The molecule has 1 aromatic rings. The summed E-state index contributed by atoms with van der Waals surface area (Å²) in [5, 5.41) is 11.3. The molecule has 1 rings (SSSR count). The molecule has 1 atom stereocenters. The van der Waals surface area contributed by atoms with E-state index in [-0.39, 0.29) is 5.56 Å². The smallest absolute Gasteiger partial charge is 0.388 e. The van der Waals surface area contributed by atoms with Gasteiger partial charge in [-0.05, 0) is 24.1 Å². The molecule has 2 N–H and O–H groups in total. The van der Waals surface area contributed by atoms with Crippen LogP contribution in [0.15, 0.2) is 28.7 Å². The molecule has 1 amide bonds. The van der Waals surface area contributed by atoms with Crippen LogP contribution < -0.4 is 5.32 Å². The molecule has 0 fully saturated rings. The van der Waals surface area contributed by atoms with Crippen LogP contribution >= 0.6 is 15.9 Å². The number of amides is 1. The second-order valence-corrected chi connectivity index (χ2v) is 4.26. The van der Waals surface area contributed by atoms with Crippen molar-refractivity contribution in [3.05, 3.63) is 34.3 Å². The van der Waals surface area contributed by atoms with Gasteiger partial charge in [0.05, 0.1) is 6.10 Å². The lowest BCUT2D eigenvalue weighted by Crippen LogP contribution is -2.37. The third-order valence-corrected chi connectivity index (χ3v) is 2.46. The zero-order valence-corrected chi connectivity index (χ0v) is 10.5. The summed E-state index contributed by atoms with van der Waals surface area (Å²) in [4.78, 5) is 10.6. The lowest BCUT2D eigenvalue weighted by atomic mass is 10.1. The van der Waals surface area contributed by atoms with Crippen molar-refractivity contribution in [1.29, 1.82) is 0 Å². The summed E-state index contributed by atoms with van der Waals surface area (Å²) in [5.74, 6) is -2.25. The highest BCUT2D eigenvalue weighted by atomic mass is 79.9. The van der Waals surface area contributed by atoms with E-state index in [0.29, 0.717) is 4.47 Å². The maximum absolute atomic E-state index is 12.0. The number of carbonyl (C=O) groups excluding carboxylic acids is 1. The first kappa shape index (κ1) is 12.0. The van der Waals surface area contributed by atoms with Gasteiger partial charge in [-0.1, -0.05) is 28.1 Å². The molecule has 0 saturated heterocycles. The minimum absolute atomic E-state index is 0.186. The number of halogens is 4. The summed E-state index contributed by atoms with van der Waals surface area (Å²) >= 11 is 3.13. The summed E-state index contributed by atoms with van der Waals surface area (Å²) in [5.41, 5.74) is 0.186. The highest BCUT2D eigenvalue weighted by Gasteiger charge is 2.38. The van der Waals surface area contributed by atoms with Gasteiger partial charge in [0.2, 0.25) is 0 Å². The predicted molar refractivity (Wildman–Crippen MR) is 62.8 cm³/mol. The molecule has 0 radical (unpaired) electrons. The zero-order valence-electron chi connectivity index (χ0n) is 11.0. The molecule has 3 nitrogen and oxygen atoms in total. The molecular weight excluding hydrogens is 315 g/mol. The van der Waals surface area contributed by atoms with Crippen molar-refractivity contribution in [2.24, 2.45) is 0 Å². The van der Waals surface area contributed by atoms with Gasteiger partial charge in [-0.25, -0.2) is 0 Å². The zero-order chi connectivity index (χ0) is 15.6. The molecule has 1 unspecified atom stereocenters. The van der Waals surface area contributed by atoms with E-state index < -0.39 is 31.1 Å². The average molecular weight is 328 g/mol. The molecule has 7 heteroatoms. The summed E-state index contributed by atoms with van der Waals surface area (Å²) in [6.45, 7) is -0.959. The fourth-order valence-corrected chi connectivity index (χ4v) is 1.54. The quantitative estimate of drug-likeness (QED) is 0.892. The first-order valence-corrected chi connectivity index (χ1v) is 5.62. The normalized spacial score (nSPS) is 15.6. The van der Waals surface area contributed by atoms with Crippen LogP contribution in [0.2, 0.25) is 0 Å². The Morgan fingerprint density at radius 1 is 1.56 bits per heavy atom. The molecule has 0 bridgehead atoms. The lowest BCUT2D eigenvalue weighted by molar-refractivity contribution is -0.173. The second-order valence-electron chi connectivity index (χ2n) is 3.34. The van der Waals surface area contributed by atoms with Crippen LogP contribution in [-0.2, 0) is 4.79 Å². The van der Waals surface area contributed by atoms with E-state index in [1.54, 1.807) is 12.1 Å². The van der Waals surface area contributed by atoms with E-state index >= 15 is 0 Å². The molecule has 0 heterocycles. The molecule has 0 aliphatic heterocycles. The van der Waals surface area contributed by atoms with E-state index in [1.807, 2.05) is 0 Å². The number of rotatable bonds is 4. The standard InChI is InChI=1S/C11H11BrF3NO2/c12-8-3-1-2-7(6-8)9(17)4-5-16-10(18)11(13,14)15/h1-3,6,9,17H,4-5H2,(H,16,18)/i4D2. The van der Waals surface area contributed by atoms with Gasteiger partial charge < -0.3 is 10.4 Å². The Morgan fingerprint density at radius 2 is 2.22 bits per heavy atom. The Hall–Kier alpha value is -1.08. The van der Waals surface area contributed by atoms with Crippen molar-refractivity contribution < 1.29 is 25.8 Å². The van der Waals surface area contributed by atoms with Crippen LogP contribution in [0.3, 0.4) is 0 Å². The molecule has 0 aliphatic rings. The van der Waals surface area contributed by atoms with Crippen LogP contribution in [0.25, 0.3) is 0 Å². The molecule has 100 valence electrons. The highest BCUT2D eigenvalue weighted by molar-refractivity contribution is 9.10. The predicted octanol–water partition coefficient (Wildman–Crippen LogP) is 2.55. The number of aliphatic hydroxyl groups is 1. The van der Waals surface area contributed by atoms with E-state index in [4.69, 9.17) is 2.74 Å². The van der Waals surface area contributed by atoms with Crippen molar-refractivity contribution in [1.82, 2.24) is 5.32 Å². The van der Waals surface area contributed by atoms with Gasteiger partial charge in [0.1, 0.15) is 0 Å². The number of alkyl halides is 3. The number of carbonyl (C=O) groups is 1. The first-order chi connectivity index (χ1) is 9.04. The second kappa shape index (κ2) is 6.19. The minimum Gasteiger partial charge on any atom is -0.388 e. The monoisotopic (exact) mass is 327 g/mol. The minimum atomic E-state index is -5.09. The van der Waals surface area contributed by atoms with Gasteiger partial charge in [-0.3, -0.25) is 4.79 Å². The fourth-order valence-electron chi connectivity index (χ4n) is 1.12. The Kier molecular flexibility index (Phi) is 4.12. The first-order valence-electron chi connectivity index (χ1n) is 5.82. The summed E-state index contributed by atoms with van der Waals surface area (Å²) in [7, 11) is 0. The summed E-state index contributed by atoms with van der Waals surface area (Å²) in [6, 6.07) is 6.07. The van der Waals surface area contributed by atoms with Crippen LogP contribution in [0.5, 0.6) is 0 Å². The largest absolute Gasteiger partial charge is 0.471 e. The van der Waals surface area contributed by atoms with Gasteiger partial charge in [0, 0.05) is 13.8 Å². The van der Waals surface area contributed by atoms with Crippen LogP contribution in [0.4, 0.5) is 13.2 Å². The number of nitrogens with one attached hydrogen (secondary N) is 1. The molecule has 1 aromatic carbocycles. The Balaban J connectivity index is 2.76. The molecule has 18 heavy (non-hydrogen) atoms. The van der Waals surface area contributed by atoms with Crippen LogP contribution in [0.1, 0.15) is 20.8 Å². The fraction of sp³-hybridized carbons (Fsp3) is 0.364. The maximum atomic E-state index is 12.0.